The zero-order valence-corrected chi connectivity index (χ0v) is 11.6. The highest BCUT2D eigenvalue weighted by molar-refractivity contribution is 5.39. The van der Waals surface area contributed by atoms with Gasteiger partial charge >= 0.3 is 6.18 Å². The molecule has 0 spiro atoms. The summed E-state index contributed by atoms with van der Waals surface area (Å²) in [5, 5.41) is 9.72. The molecule has 1 aromatic heterocycles. The van der Waals surface area contributed by atoms with Gasteiger partial charge in [-0.1, -0.05) is 6.07 Å². The molecule has 2 heterocycles. The molecule has 0 aliphatic carbocycles. The second-order valence-corrected chi connectivity index (χ2v) is 5.54. The number of pyridine rings is 1. The van der Waals surface area contributed by atoms with E-state index in [1.165, 1.54) is 0 Å². The van der Waals surface area contributed by atoms with Crippen LogP contribution in [0.2, 0.25) is 0 Å². The van der Waals surface area contributed by atoms with Crippen LogP contribution < -0.4 is 4.90 Å². The minimum Gasteiger partial charge on any atom is -0.380 e. The average molecular weight is 288 g/mol. The molecule has 20 heavy (non-hydrogen) atoms. The summed E-state index contributed by atoms with van der Waals surface area (Å²) >= 11 is 0. The van der Waals surface area contributed by atoms with Crippen molar-refractivity contribution in [3.05, 3.63) is 23.9 Å². The van der Waals surface area contributed by atoms with Gasteiger partial charge in [0.05, 0.1) is 0 Å². The predicted molar refractivity (Wildman–Crippen MR) is 70.6 cm³/mol. The Morgan fingerprint density at radius 1 is 1.25 bits per heavy atom. The molecule has 1 aliphatic heterocycles. The van der Waals surface area contributed by atoms with E-state index in [4.69, 9.17) is 0 Å². The highest BCUT2D eigenvalue weighted by Gasteiger charge is 2.54. The lowest BCUT2D eigenvalue weighted by Crippen LogP contribution is -2.52. The van der Waals surface area contributed by atoms with Gasteiger partial charge in [-0.25, -0.2) is 4.98 Å². The summed E-state index contributed by atoms with van der Waals surface area (Å²) in [6.07, 6.45) is -3.97. The molecule has 0 aromatic carbocycles. The fraction of sp³-hybridized carbons (Fsp3) is 0.643. The van der Waals surface area contributed by atoms with Gasteiger partial charge in [0.15, 0.2) is 5.60 Å². The van der Waals surface area contributed by atoms with Crippen LogP contribution in [-0.4, -0.2) is 35.0 Å². The number of aryl methyl sites for hydroxylation is 1. The molecule has 3 nitrogen and oxygen atoms in total. The van der Waals surface area contributed by atoms with Crippen LogP contribution in [0.3, 0.4) is 0 Å². The summed E-state index contributed by atoms with van der Waals surface area (Å²) in [7, 11) is 0. The van der Waals surface area contributed by atoms with Gasteiger partial charge in [0, 0.05) is 18.8 Å². The van der Waals surface area contributed by atoms with Gasteiger partial charge < -0.3 is 10.0 Å². The van der Waals surface area contributed by atoms with Gasteiger partial charge in [-0.3, -0.25) is 0 Å². The van der Waals surface area contributed by atoms with Crippen LogP contribution in [0.15, 0.2) is 18.2 Å². The largest absolute Gasteiger partial charge is 0.417 e. The van der Waals surface area contributed by atoms with Crippen LogP contribution in [0.4, 0.5) is 19.0 Å². The molecule has 112 valence electrons. The van der Waals surface area contributed by atoms with Gasteiger partial charge in [-0.05, 0) is 44.7 Å². The molecule has 0 amide bonds. The first kappa shape index (κ1) is 15.1. The second kappa shape index (κ2) is 5.24. The van der Waals surface area contributed by atoms with Crippen LogP contribution in [0.25, 0.3) is 0 Å². The van der Waals surface area contributed by atoms with Crippen molar-refractivity contribution in [3.8, 4) is 0 Å². The van der Waals surface area contributed by atoms with Crippen LogP contribution >= 0.6 is 0 Å². The summed E-state index contributed by atoms with van der Waals surface area (Å²) in [6.45, 7) is 3.71. The number of hydrogen-bond donors (Lipinski definition) is 1. The summed E-state index contributed by atoms with van der Waals surface area (Å²) in [4.78, 5) is 6.34. The first-order chi connectivity index (χ1) is 9.22. The summed E-state index contributed by atoms with van der Waals surface area (Å²) in [5.74, 6) is 0.0265. The molecule has 0 bridgehead atoms. The monoisotopic (exact) mass is 288 g/mol. The van der Waals surface area contributed by atoms with Crippen molar-refractivity contribution in [2.24, 2.45) is 5.92 Å². The lowest BCUT2D eigenvalue weighted by Gasteiger charge is -2.40. The standard InChI is InChI=1S/C14H19F3N2O/c1-10-4-3-5-12(18-10)19-8-6-11(7-9-19)13(2,20)14(15,16)17/h3-5,11,20H,6-9H2,1-2H3/t13-/m0/s1. The number of halogens is 3. The topological polar surface area (TPSA) is 36.4 Å². The molecule has 1 N–H and O–H groups in total. The molecule has 0 unspecified atom stereocenters. The Hall–Kier alpha value is -1.30. The maximum Gasteiger partial charge on any atom is 0.417 e. The molecule has 0 saturated carbocycles. The van der Waals surface area contributed by atoms with E-state index in [2.05, 4.69) is 4.98 Å². The molecule has 1 fully saturated rings. The molecule has 0 radical (unpaired) electrons. The van der Waals surface area contributed by atoms with Crippen LogP contribution in [-0.2, 0) is 0 Å². The SMILES string of the molecule is Cc1cccc(N2CCC([C@](C)(O)C(F)(F)F)CC2)n1. The average Bonchev–Trinajstić information content (AvgIpc) is 2.37. The third kappa shape index (κ3) is 2.90. The molecule has 6 heteroatoms. The molecular weight excluding hydrogens is 269 g/mol. The number of rotatable bonds is 2. The van der Waals surface area contributed by atoms with Crippen LogP contribution in [0, 0.1) is 12.8 Å². The quantitative estimate of drug-likeness (QED) is 0.909. The molecule has 1 atom stereocenters. The number of piperidine rings is 1. The van der Waals surface area contributed by atoms with Crippen molar-refractivity contribution in [1.29, 1.82) is 0 Å². The Balaban J connectivity index is 2.03. The first-order valence-corrected chi connectivity index (χ1v) is 6.69. The summed E-state index contributed by atoms with van der Waals surface area (Å²) < 4.78 is 38.4. The van der Waals surface area contributed by atoms with Crippen LogP contribution in [0.5, 0.6) is 0 Å². The third-order valence-corrected chi connectivity index (χ3v) is 4.06. The number of aliphatic hydroxyl groups is 1. The summed E-state index contributed by atoms with van der Waals surface area (Å²) in [5.41, 5.74) is -1.73. The number of nitrogens with zero attached hydrogens (tertiary/aromatic N) is 2. The highest BCUT2D eigenvalue weighted by Crippen LogP contribution is 2.40. The van der Waals surface area contributed by atoms with E-state index >= 15 is 0 Å². The van der Waals surface area contributed by atoms with Gasteiger partial charge in [-0.2, -0.15) is 13.2 Å². The van der Waals surface area contributed by atoms with Crippen molar-refractivity contribution in [1.82, 2.24) is 4.98 Å². The number of anilines is 1. The van der Waals surface area contributed by atoms with E-state index in [0.717, 1.165) is 18.4 Å². The second-order valence-electron chi connectivity index (χ2n) is 5.54. The Kier molecular flexibility index (Phi) is 3.95. The number of aromatic nitrogens is 1. The number of hydrogen-bond acceptors (Lipinski definition) is 3. The molecular formula is C14H19F3N2O. The normalized spacial score (nSPS) is 20.8. The van der Waals surface area contributed by atoms with Gasteiger partial charge in [0.2, 0.25) is 0 Å². The third-order valence-electron chi connectivity index (χ3n) is 4.06. The maximum absolute atomic E-state index is 12.8. The minimum absolute atomic E-state index is 0.308. The Morgan fingerprint density at radius 2 is 1.85 bits per heavy atom. The Labute approximate surface area is 116 Å². The lowest BCUT2D eigenvalue weighted by atomic mass is 9.81. The van der Waals surface area contributed by atoms with Gasteiger partial charge in [-0.15, -0.1) is 0 Å². The highest BCUT2D eigenvalue weighted by atomic mass is 19.4. The van der Waals surface area contributed by atoms with E-state index < -0.39 is 17.7 Å². The van der Waals surface area contributed by atoms with E-state index in [1.807, 2.05) is 30.0 Å². The van der Waals surface area contributed by atoms with Gasteiger partial charge in [0.1, 0.15) is 5.82 Å². The van der Waals surface area contributed by atoms with Crippen molar-refractivity contribution >= 4 is 5.82 Å². The number of alkyl halides is 3. The molecule has 1 aromatic rings. The fourth-order valence-corrected chi connectivity index (χ4v) is 2.61. The molecule has 1 aliphatic rings. The smallest absolute Gasteiger partial charge is 0.380 e. The van der Waals surface area contributed by atoms with Crippen molar-refractivity contribution in [3.63, 3.8) is 0 Å². The van der Waals surface area contributed by atoms with E-state index in [1.54, 1.807) is 0 Å². The molecule has 2 rings (SSSR count). The van der Waals surface area contributed by atoms with Crippen molar-refractivity contribution in [2.75, 3.05) is 18.0 Å². The summed E-state index contributed by atoms with van der Waals surface area (Å²) in [6, 6.07) is 5.62. The van der Waals surface area contributed by atoms with E-state index in [-0.39, 0.29) is 0 Å². The van der Waals surface area contributed by atoms with Gasteiger partial charge in [0.25, 0.3) is 0 Å². The van der Waals surface area contributed by atoms with Crippen molar-refractivity contribution in [2.45, 2.75) is 38.5 Å². The lowest BCUT2D eigenvalue weighted by molar-refractivity contribution is -0.273. The van der Waals surface area contributed by atoms with Crippen molar-refractivity contribution < 1.29 is 18.3 Å². The Bertz CT molecular complexity index is 466. The fourth-order valence-electron chi connectivity index (χ4n) is 2.61. The molecule has 1 saturated heterocycles. The van der Waals surface area contributed by atoms with E-state index in [0.29, 0.717) is 25.9 Å². The predicted octanol–water partition coefficient (Wildman–Crippen LogP) is 2.92. The van der Waals surface area contributed by atoms with Crippen LogP contribution in [0.1, 0.15) is 25.5 Å². The zero-order chi connectivity index (χ0) is 15.0. The minimum atomic E-state index is -4.58. The first-order valence-electron chi connectivity index (χ1n) is 6.69. The van der Waals surface area contributed by atoms with E-state index in [9.17, 15) is 18.3 Å². The maximum atomic E-state index is 12.8. The zero-order valence-electron chi connectivity index (χ0n) is 11.6. The Morgan fingerprint density at radius 3 is 2.35 bits per heavy atom.